The van der Waals surface area contributed by atoms with Crippen LogP contribution < -0.4 is 11.1 Å². The molecule has 5 nitrogen and oxygen atoms in total. The first-order chi connectivity index (χ1) is 9.88. The Balaban J connectivity index is 2.27. The average Bonchev–Trinajstić information content (AvgIpc) is 2.43. The lowest BCUT2D eigenvalue weighted by Gasteiger charge is -2.10. The number of pyridine rings is 1. The van der Waals surface area contributed by atoms with Crippen molar-refractivity contribution in [3.05, 3.63) is 56.8 Å². The minimum absolute atomic E-state index is 0.113. The summed E-state index contributed by atoms with van der Waals surface area (Å²) >= 11 is 9.15. The topological polar surface area (TPSA) is 85.1 Å². The number of anilines is 1. The standard InChI is InChI=1S/C14H11BrClN3O2/c1-7-4-8(13(17)20)2-3-11(7)19-14(21)10-5-9(15)6-18-12(10)16/h2-6H,1H3,(H2,17,20)(H,19,21). The van der Waals surface area contributed by atoms with Gasteiger partial charge in [-0.2, -0.15) is 0 Å². The van der Waals surface area contributed by atoms with Gasteiger partial charge in [0.25, 0.3) is 5.91 Å². The van der Waals surface area contributed by atoms with E-state index in [1.807, 2.05) is 0 Å². The molecule has 0 aliphatic carbocycles. The van der Waals surface area contributed by atoms with Crippen molar-refractivity contribution in [1.82, 2.24) is 4.98 Å². The monoisotopic (exact) mass is 367 g/mol. The molecule has 7 heteroatoms. The van der Waals surface area contributed by atoms with Crippen molar-refractivity contribution >= 4 is 45.0 Å². The van der Waals surface area contributed by atoms with Gasteiger partial charge in [-0.25, -0.2) is 4.98 Å². The summed E-state index contributed by atoms with van der Waals surface area (Å²) in [5.74, 6) is -0.904. The largest absolute Gasteiger partial charge is 0.366 e. The van der Waals surface area contributed by atoms with Crippen molar-refractivity contribution in [2.24, 2.45) is 5.73 Å². The summed E-state index contributed by atoms with van der Waals surface area (Å²) in [6.45, 7) is 1.77. The van der Waals surface area contributed by atoms with Gasteiger partial charge in [0.15, 0.2) is 0 Å². The van der Waals surface area contributed by atoms with Gasteiger partial charge in [0.1, 0.15) is 5.15 Å². The lowest BCUT2D eigenvalue weighted by atomic mass is 10.1. The number of nitrogens with zero attached hydrogens (tertiary/aromatic N) is 1. The van der Waals surface area contributed by atoms with Crippen molar-refractivity contribution in [1.29, 1.82) is 0 Å². The van der Waals surface area contributed by atoms with Crippen LogP contribution in [-0.4, -0.2) is 16.8 Å². The highest BCUT2D eigenvalue weighted by molar-refractivity contribution is 9.10. The molecular weight excluding hydrogens is 358 g/mol. The molecule has 3 N–H and O–H groups in total. The fourth-order valence-electron chi connectivity index (χ4n) is 1.73. The lowest BCUT2D eigenvalue weighted by molar-refractivity contribution is 0.0998. The Bertz CT molecular complexity index is 734. The van der Waals surface area contributed by atoms with E-state index >= 15 is 0 Å². The number of hydrogen-bond acceptors (Lipinski definition) is 3. The second-order valence-corrected chi connectivity index (χ2v) is 5.61. The Morgan fingerprint density at radius 1 is 1.33 bits per heavy atom. The molecule has 21 heavy (non-hydrogen) atoms. The van der Waals surface area contributed by atoms with Gasteiger partial charge in [-0.05, 0) is 52.7 Å². The Morgan fingerprint density at radius 3 is 2.67 bits per heavy atom. The molecule has 0 saturated heterocycles. The number of carbonyl (C=O) groups is 2. The predicted molar refractivity (Wildman–Crippen MR) is 84.6 cm³/mol. The van der Waals surface area contributed by atoms with Crippen molar-refractivity contribution in [3.63, 3.8) is 0 Å². The fourth-order valence-corrected chi connectivity index (χ4v) is 2.25. The molecule has 1 aromatic carbocycles. The van der Waals surface area contributed by atoms with E-state index in [2.05, 4.69) is 26.2 Å². The number of aryl methyl sites for hydroxylation is 1. The highest BCUT2D eigenvalue weighted by atomic mass is 79.9. The first kappa shape index (κ1) is 15.5. The zero-order valence-corrected chi connectivity index (χ0v) is 13.3. The Kier molecular flexibility index (Phi) is 4.59. The number of halogens is 2. The predicted octanol–water partition coefficient (Wildman–Crippen LogP) is 3.16. The highest BCUT2D eigenvalue weighted by Crippen LogP contribution is 2.21. The van der Waals surface area contributed by atoms with E-state index in [1.54, 1.807) is 31.2 Å². The summed E-state index contributed by atoms with van der Waals surface area (Å²) in [6.07, 6.45) is 1.51. The van der Waals surface area contributed by atoms with Gasteiger partial charge in [-0.1, -0.05) is 11.6 Å². The summed E-state index contributed by atoms with van der Waals surface area (Å²) in [4.78, 5) is 27.2. The van der Waals surface area contributed by atoms with Gasteiger partial charge >= 0.3 is 0 Å². The highest BCUT2D eigenvalue weighted by Gasteiger charge is 2.14. The fraction of sp³-hybridized carbons (Fsp3) is 0.0714. The van der Waals surface area contributed by atoms with E-state index in [0.29, 0.717) is 15.7 Å². The maximum absolute atomic E-state index is 12.2. The zero-order valence-electron chi connectivity index (χ0n) is 11.0. The number of amides is 2. The molecule has 108 valence electrons. The molecule has 0 saturated carbocycles. The van der Waals surface area contributed by atoms with Crippen molar-refractivity contribution < 1.29 is 9.59 Å². The van der Waals surface area contributed by atoms with Crippen LogP contribution in [0.3, 0.4) is 0 Å². The number of hydrogen-bond donors (Lipinski definition) is 2. The molecule has 0 spiro atoms. The molecule has 0 fully saturated rings. The van der Waals surface area contributed by atoms with Crippen LogP contribution in [0.2, 0.25) is 5.15 Å². The minimum Gasteiger partial charge on any atom is -0.366 e. The molecule has 0 aliphatic heterocycles. The van der Waals surface area contributed by atoms with Crippen molar-refractivity contribution in [2.45, 2.75) is 6.92 Å². The van der Waals surface area contributed by atoms with Crippen LogP contribution in [0.4, 0.5) is 5.69 Å². The number of nitrogens with one attached hydrogen (secondary N) is 1. The number of aromatic nitrogens is 1. The number of rotatable bonds is 3. The third-order valence-corrected chi connectivity index (χ3v) is 3.54. The third-order valence-electron chi connectivity index (χ3n) is 2.81. The van der Waals surface area contributed by atoms with E-state index in [-0.39, 0.29) is 16.6 Å². The Labute approximate surface area is 134 Å². The maximum atomic E-state index is 12.2. The molecule has 0 unspecified atom stereocenters. The van der Waals surface area contributed by atoms with Gasteiger partial charge in [-0.15, -0.1) is 0 Å². The smallest absolute Gasteiger partial charge is 0.258 e. The molecular formula is C14H11BrClN3O2. The normalized spacial score (nSPS) is 10.2. The molecule has 0 radical (unpaired) electrons. The van der Waals surface area contributed by atoms with Gasteiger partial charge in [0, 0.05) is 21.9 Å². The van der Waals surface area contributed by atoms with E-state index in [1.165, 1.54) is 6.20 Å². The summed E-state index contributed by atoms with van der Waals surface area (Å²) in [6, 6.07) is 6.36. The van der Waals surface area contributed by atoms with Gasteiger partial charge in [0.05, 0.1) is 5.56 Å². The third kappa shape index (κ3) is 3.59. The maximum Gasteiger partial charge on any atom is 0.258 e. The second kappa shape index (κ2) is 6.24. The molecule has 0 aliphatic rings. The first-order valence-electron chi connectivity index (χ1n) is 5.91. The summed E-state index contributed by atoms with van der Waals surface area (Å²) in [5.41, 5.74) is 7.13. The number of carbonyl (C=O) groups excluding carboxylic acids is 2. The second-order valence-electron chi connectivity index (χ2n) is 4.34. The SMILES string of the molecule is Cc1cc(C(N)=O)ccc1NC(=O)c1cc(Br)cnc1Cl. The molecule has 1 heterocycles. The van der Waals surface area contributed by atoms with Crippen molar-refractivity contribution in [2.75, 3.05) is 5.32 Å². The van der Waals surface area contributed by atoms with E-state index in [9.17, 15) is 9.59 Å². The van der Waals surface area contributed by atoms with Crippen LogP contribution in [0.5, 0.6) is 0 Å². The Hall–Kier alpha value is -1.92. The minimum atomic E-state index is -0.518. The van der Waals surface area contributed by atoms with Crippen LogP contribution >= 0.6 is 27.5 Å². The van der Waals surface area contributed by atoms with E-state index in [0.717, 1.165) is 5.56 Å². The van der Waals surface area contributed by atoms with E-state index < -0.39 is 5.91 Å². The molecule has 2 aromatic rings. The molecule has 1 aromatic heterocycles. The van der Waals surface area contributed by atoms with Gasteiger partial charge in [-0.3, -0.25) is 9.59 Å². The van der Waals surface area contributed by atoms with Crippen LogP contribution in [-0.2, 0) is 0 Å². The molecule has 2 rings (SSSR count). The number of primary amides is 1. The van der Waals surface area contributed by atoms with Crippen molar-refractivity contribution in [3.8, 4) is 0 Å². The van der Waals surface area contributed by atoms with Crippen LogP contribution in [0.25, 0.3) is 0 Å². The van der Waals surface area contributed by atoms with Gasteiger partial charge < -0.3 is 11.1 Å². The first-order valence-corrected chi connectivity index (χ1v) is 7.08. The van der Waals surface area contributed by atoms with Crippen LogP contribution in [0.15, 0.2) is 34.9 Å². The summed E-state index contributed by atoms with van der Waals surface area (Å²) in [7, 11) is 0. The average molecular weight is 369 g/mol. The van der Waals surface area contributed by atoms with Gasteiger partial charge in [0.2, 0.25) is 5.91 Å². The molecule has 2 amide bonds. The molecule has 0 atom stereocenters. The van der Waals surface area contributed by atoms with E-state index in [4.69, 9.17) is 17.3 Å². The quantitative estimate of drug-likeness (QED) is 0.816. The molecule has 0 bridgehead atoms. The lowest BCUT2D eigenvalue weighted by Crippen LogP contribution is -2.15. The zero-order chi connectivity index (χ0) is 15.6. The summed E-state index contributed by atoms with van der Waals surface area (Å²) in [5, 5.41) is 2.84. The van der Waals surface area contributed by atoms with Crippen LogP contribution in [0.1, 0.15) is 26.3 Å². The number of benzene rings is 1. The summed E-state index contributed by atoms with van der Waals surface area (Å²) < 4.78 is 0.651. The Morgan fingerprint density at radius 2 is 2.05 bits per heavy atom. The number of nitrogens with two attached hydrogens (primary N) is 1. The van der Waals surface area contributed by atoms with Crippen LogP contribution in [0, 0.1) is 6.92 Å².